The van der Waals surface area contributed by atoms with Gasteiger partial charge in [0.05, 0.1) is 10.3 Å². The molecular weight excluding hydrogens is 253 g/mol. The van der Waals surface area contributed by atoms with Crippen LogP contribution in [0.2, 0.25) is 0 Å². The fourth-order valence-corrected chi connectivity index (χ4v) is 2.73. The molecule has 2 aromatic heterocycles. The van der Waals surface area contributed by atoms with Crippen LogP contribution < -0.4 is 11.3 Å². The minimum absolute atomic E-state index is 0.178. The van der Waals surface area contributed by atoms with Gasteiger partial charge in [-0.3, -0.25) is 9.78 Å². The summed E-state index contributed by atoms with van der Waals surface area (Å²) in [4.78, 5) is 17.7. The number of halogens is 1. The smallest absolute Gasteiger partial charge is 0.277 e. The standard InChI is InChI=1S/C12H8FN3OS/c13-10-7(6-4-2-1-3-5-6)9-8(11(17)16-10)15-12(14)18-9/h1-5H,(H2,14,15)(H,16,17). The van der Waals surface area contributed by atoms with Gasteiger partial charge >= 0.3 is 0 Å². The average molecular weight is 261 g/mol. The summed E-state index contributed by atoms with van der Waals surface area (Å²) in [5.41, 5.74) is 6.22. The third-order valence-corrected chi connectivity index (χ3v) is 3.49. The van der Waals surface area contributed by atoms with Crippen molar-refractivity contribution in [1.82, 2.24) is 9.97 Å². The molecule has 4 nitrogen and oxygen atoms in total. The van der Waals surface area contributed by atoms with Crippen LogP contribution in [0.1, 0.15) is 0 Å². The van der Waals surface area contributed by atoms with Gasteiger partial charge in [-0.15, -0.1) is 0 Å². The second-order valence-electron chi connectivity index (χ2n) is 3.74. The van der Waals surface area contributed by atoms with E-state index in [0.29, 0.717) is 15.8 Å². The Morgan fingerprint density at radius 2 is 2.00 bits per heavy atom. The van der Waals surface area contributed by atoms with Crippen molar-refractivity contribution in [2.45, 2.75) is 0 Å². The number of nitrogens with zero attached hydrogens (tertiary/aromatic N) is 1. The van der Waals surface area contributed by atoms with E-state index in [1.54, 1.807) is 24.3 Å². The van der Waals surface area contributed by atoms with Crippen LogP contribution in [0.5, 0.6) is 0 Å². The first kappa shape index (κ1) is 10.9. The zero-order chi connectivity index (χ0) is 12.7. The third kappa shape index (κ3) is 1.58. The first-order valence-corrected chi connectivity index (χ1v) is 6.01. The number of fused-ring (bicyclic) bond motifs is 1. The number of benzene rings is 1. The number of aromatic amines is 1. The molecule has 0 bridgehead atoms. The summed E-state index contributed by atoms with van der Waals surface area (Å²) in [5.74, 6) is -0.664. The first-order chi connectivity index (χ1) is 8.66. The van der Waals surface area contributed by atoms with Crippen molar-refractivity contribution >= 4 is 26.7 Å². The maximum atomic E-state index is 14.0. The Bertz CT molecular complexity index is 779. The van der Waals surface area contributed by atoms with Crippen LogP contribution >= 0.6 is 11.3 Å². The van der Waals surface area contributed by atoms with Crippen molar-refractivity contribution in [3.05, 3.63) is 46.6 Å². The van der Waals surface area contributed by atoms with Crippen molar-refractivity contribution in [2.75, 3.05) is 5.73 Å². The van der Waals surface area contributed by atoms with Gasteiger partial charge in [0.1, 0.15) is 5.52 Å². The van der Waals surface area contributed by atoms with Crippen LogP contribution in [-0.4, -0.2) is 9.97 Å². The fourth-order valence-electron chi connectivity index (χ4n) is 1.84. The number of aromatic nitrogens is 2. The number of nitrogens with two attached hydrogens (primary N) is 1. The molecule has 0 aliphatic rings. The number of pyridine rings is 1. The minimum atomic E-state index is -0.664. The molecule has 3 N–H and O–H groups in total. The van der Waals surface area contributed by atoms with Crippen molar-refractivity contribution in [2.24, 2.45) is 0 Å². The van der Waals surface area contributed by atoms with Gasteiger partial charge in [0.25, 0.3) is 5.56 Å². The lowest BCUT2D eigenvalue weighted by molar-refractivity contribution is 0.586. The number of anilines is 1. The van der Waals surface area contributed by atoms with Crippen LogP contribution in [-0.2, 0) is 0 Å². The van der Waals surface area contributed by atoms with Crippen molar-refractivity contribution < 1.29 is 4.39 Å². The van der Waals surface area contributed by atoms with E-state index in [1.165, 1.54) is 0 Å². The number of H-pyrrole nitrogens is 1. The molecule has 3 rings (SSSR count). The zero-order valence-corrected chi connectivity index (χ0v) is 9.92. The highest BCUT2D eigenvalue weighted by Crippen LogP contribution is 2.33. The Hall–Kier alpha value is -2.21. The van der Waals surface area contributed by atoms with Crippen molar-refractivity contribution in [3.8, 4) is 11.1 Å². The quantitative estimate of drug-likeness (QED) is 0.660. The molecule has 0 aliphatic carbocycles. The van der Waals surface area contributed by atoms with Gasteiger partial charge in [0.2, 0.25) is 5.95 Å². The van der Waals surface area contributed by atoms with E-state index >= 15 is 0 Å². The molecule has 0 spiro atoms. The summed E-state index contributed by atoms with van der Waals surface area (Å²) in [5, 5.41) is 0.248. The van der Waals surface area contributed by atoms with Gasteiger partial charge in [-0.1, -0.05) is 41.7 Å². The monoisotopic (exact) mass is 261 g/mol. The summed E-state index contributed by atoms with van der Waals surface area (Å²) in [6.07, 6.45) is 0. The number of nitrogen functional groups attached to an aromatic ring is 1. The molecule has 0 amide bonds. The lowest BCUT2D eigenvalue weighted by atomic mass is 10.1. The molecule has 0 atom stereocenters. The molecule has 18 heavy (non-hydrogen) atoms. The highest BCUT2D eigenvalue weighted by Gasteiger charge is 2.16. The maximum absolute atomic E-state index is 14.0. The minimum Gasteiger partial charge on any atom is -0.375 e. The van der Waals surface area contributed by atoms with E-state index in [4.69, 9.17) is 5.73 Å². The predicted octanol–water partition coefficient (Wildman–Crippen LogP) is 2.37. The van der Waals surface area contributed by atoms with Gasteiger partial charge in [0, 0.05) is 0 Å². The lowest BCUT2D eigenvalue weighted by Gasteiger charge is -2.03. The normalized spacial score (nSPS) is 10.9. The molecule has 2 heterocycles. The molecule has 6 heteroatoms. The summed E-state index contributed by atoms with van der Waals surface area (Å²) in [6.45, 7) is 0. The second kappa shape index (κ2) is 3.92. The van der Waals surface area contributed by atoms with E-state index in [9.17, 15) is 9.18 Å². The fraction of sp³-hybridized carbons (Fsp3) is 0. The number of thiazole rings is 1. The average Bonchev–Trinajstić information content (AvgIpc) is 2.72. The van der Waals surface area contributed by atoms with Crippen LogP contribution in [0.3, 0.4) is 0 Å². The van der Waals surface area contributed by atoms with E-state index in [0.717, 1.165) is 11.3 Å². The Morgan fingerprint density at radius 3 is 2.72 bits per heavy atom. The highest BCUT2D eigenvalue weighted by atomic mass is 32.1. The van der Waals surface area contributed by atoms with Gasteiger partial charge in [-0.2, -0.15) is 4.39 Å². The molecular formula is C12H8FN3OS. The van der Waals surface area contributed by atoms with E-state index in [2.05, 4.69) is 9.97 Å². The first-order valence-electron chi connectivity index (χ1n) is 5.20. The zero-order valence-electron chi connectivity index (χ0n) is 9.11. The van der Waals surface area contributed by atoms with Gasteiger partial charge in [0.15, 0.2) is 5.13 Å². The Kier molecular flexibility index (Phi) is 2.38. The van der Waals surface area contributed by atoms with E-state index in [-0.39, 0.29) is 10.6 Å². The van der Waals surface area contributed by atoms with Crippen LogP contribution in [0.25, 0.3) is 21.3 Å². The molecule has 1 aromatic carbocycles. The molecule has 90 valence electrons. The molecule has 0 fully saturated rings. The summed E-state index contributed by atoms with van der Waals surface area (Å²) in [7, 11) is 0. The largest absolute Gasteiger partial charge is 0.375 e. The van der Waals surface area contributed by atoms with E-state index in [1.807, 2.05) is 6.07 Å². The molecule has 3 aromatic rings. The van der Waals surface area contributed by atoms with Crippen molar-refractivity contribution in [3.63, 3.8) is 0 Å². The molecule has 0 saturated carbocycles. The third-order valence-electron chi connectivity index (χ3n) is 2.59. The van der Waals surface area contributed by atoms with Gasteiger partial charge < -0.3 is 5.73 Å². The Morgan fingerprint density at radius 1 is 1.28 bits per heavy atom. The Labute approximate surface area is 105 Å². The number of nitrogens with one attached hydrogen (secondary N) is 1. The number of rotatable bonds is 1. The summed E-state index contributed by atoms with van der Waals surface area (Å²) >= 11 is 1.11. The van der Waals surface area contributed by atoms with Crippen molar-refractivity contribution in [1.29, 1.82) is 0 Å². The molecule has 0 saturated heterocycles. The summed E-state index contributed by atoms with van der Waals surface area (Å²) in [6, 6.07) is 8.98. The summed E-state index contributed by atoms with van der Waals surface area (Å²) < 4.78 is 14.4. The SMILES string of the molecule is Nc1nc2c(=O)[nH]c(F)c(-c3ccccc3)c2s1. The van der Waals surface area contributed by atoms with Gasteiger partial charge in [-0.25, -0.2) is 4.98 Å². The maximum Gasteiger partial charge on any atom is 0.277 e. The topological polar surface area (TPSA) is 71.8 Å². The molecule has 0 radical (unpaired) electrons. The van der Waals surface area contributed by atoms with Gasteiger partial charge in [-0.05, 0) is 5.56 Å². The highest BCUT2D eigenvalue weighted by molar-refractivity contribution is 7.22. The molecule has 0 aliphatic heterocycles. The van der Waals surface area contributed by atoms with Crippen LogP contribution in [0.4, 0.5) is 9.52 Å². The second-order valence-corrected chi connectivity index (χ2v) is 4.77. The Balaban J connectivity index is 2.45. The number of hydrogen-bond donors (Lipinski definition) is 2. The van der Waals surface area contributed by atoms with E-state index < -0.39 is 11.5 Å². The predicted molar refractivity (Wildman–Crippen MR) is 70.0 cm³/mol. The number of hydrogen-bond acceptors (Lipinski definition) is 4. The van der Waals surface area contributed by atoms with Crippen LogP contribution in [0, 0.1) is 5.95 Å². The lowest BCUT2D eigenvalue weighted by Crippen LogP contribution is -2.09. The van der Waals surface area contributed by atoms with Crippen LogP contribution in [0.15, 0.2) is 35.1 Å². The molecule has 0 unspecified atom stereocenters.